The molecule has 1 aromatic carbocycles. The number of benzene rings is 1. The molecule has 0 saturated carbocycles. The fourth-order valence-electron chi connectivity index (χ4n) is 2.33. The molecule has 0 bridgehead atoms. The maximum absolute atomic E-state index is 5.88. The van der Waals surface area contributed by atoms with Gasteiger partial charge in [0.1, 0.15) is 0 Å². The molecule has 0 aromatic heterocycles. The van der Waals surface area contributed by atoms with Crippen molar-refractivity contribution >= 4 is 11.6 Å². The molecule has 3 heteroatoms. The van der Waals surface area contributed by atoms with E-state index in [1.165, 1.54) is 12.0 Å². The SMILES string of the molecule is NCC(c1ccc(Cl)cc1)C1CCNC1. The van der Waals surface area contributed by atoms with E-state index in [2.05, 4.69) is 17.4 Å². The predicted molar refractivity (Wildman–Crippen MR) is 64.2 cm³/mol. The van der Waals surface area contributed by atoms with Crippen LogP contribution >= 0.6 is 11.6 Å². The molecule has 1 saturated heterocycles. The molecular weight excluding hydrogens is 208 g/mol. The molecule has 0 radical (unpaired) electrons. The summed E-state index contributed by atoms with van der Waals surface area (Å²) in [6.45, 7) is 2.92. The summed E-state index contributed by atoms with van der Waals surface area (Å²) in [5.74, 6) is 1.15. The standard InChI is InChI=1S/C12H17ClN2/c13-11-3-1-9(2-4-11)12(7-14)10-5-6-15-8-10/h1-4,10,12,15H,5-8,14H2. The molecule has 1 fully saturated rings. The lowest BCUT2D eigenvalue weighted by molar-refractivity contribution is 0.464. The van der Waals surface area contributed by atoms with Crippen LogP contribution in [0.5, 0.6) is 0 Å². The van der Waals surface area contributed by atoms with Crippen molar-refractivity contribution in [3.05, 3.63) is 34.9 Å². The quantitative estimate of drug-likeness (QED) is 0.824. The molecule has 0 aliphatic carbocycles. The minimum absolute atomic E-state index is 0.470. The molecule has 82 valence electrons. The third-order valence-electron chi connectivity index (χ3n) is 3.22. The van der Waals surface area contributed by atoms with Crippen molar-refractivity contribution in [1.82, 2.24) is 5.32 Å². The zero-order valence-electron chi connectivity index (χ0n) is 8.75. The van der Waals surface area contributed by atoms with Gasteiger partial charge < -0.3 is 11.1 Å². The molecule has 2 nitrogen and oxygen atoms in total. The largest absolute Gasteiger partial charge is 0.330 e. The number of hydrogen-bond donors (Lipinski definition) is 2. The van der Waals surface area contributed by atoms with Gasteiger partial charge >= 0.3 is 0 Å². The Morgan fingerprint density at radius 1 is 1.40 bits per heavy atom. The summed E-state index contributed by atoms with van der Waals surface area (Å²) >= 11 is 5.88. The maximum Gasteiger partial charge on any atom is 0.0406 e. The predicted octanol–water partition coefficient (Wildman–Crippen LogP) is 1.99. The highest BCUT2D eigenvalue weighted by atomic mass is 35.5. The Labute approximate surface area is 95.8 Å². The van der Waals surface area contributed by atoms with Crippen molar-refractivity contribution in [1.29, 1.82) is 0 Å². The number of hydrogen-bond acceptors (Lipinski definition) is 2. The summed E-state index contributed by atoms with van der Waals surface area (Å²) in [4.78, 5) is 0. The van der Waals surface area contributed by atoms with Gasteiger partial charge in [0.05, 0.1) is 0 Å². The van der Waals surface area contributed by atoms with Gasteiger partial charge in [0.15, 0.2) is 0 Å². The molecular formula is C12H17ClN2. The first-order chi connectivity index (χ1) is 7.31. The van der Waals surface area contributed by atoms with Crippen LogP contribution in [-0.4, -0.2) is 19.6 Å². The smallest absolute Gasteiger partial charge is 0.0406 e. The highest BCUT2D eigenvalue weighted by Gasteiger charge is 2.24. The molecule has 0 spiro atoms. The van der Waals surface area contributed by atoms with Crippen LogP contribution in [0.4, 0.5) is 0 Å². The van der Waals surface area contributed by atoms with Crippen molar-refractivity contribution in [2.75, 3.05) is 19.6 Å². The zero-order chi connectivity index (χ0) is 10.7. The molecule has 2 unspecified atom stereocenters. The van der Waals surface area contributed by atoms with Crippen molar-refractivity contribution in [3.63, 3.8) is 0 Å². The third-order valence-corrected chi connectivity index (χ3v) is 3.47. The van der Waals surface area contributed by atoms with E-state index in [-0.39, 0.29) is 0 Å². The van der Waals surface area contributed by atoms with Crippen LogP contribution in [0.15, 0.2) is 24.3 Å². The normalized spacial score (nSPS) is 22.9. The van der Waals surface area contributed by atoms with Gasteiger partial charge in [-0.05, 0) is 49.7 Å². The van der Waals surface area contributed by atoms with E-state index in [0.717, 1.165) is 18.1 Å². The highest BCUT2D eigenvalue weighted by Crippen LogP contribution is 2.28. The molecule has 1 aromatic rings. The molecule has 3 N–H and O–H groups in total. The summed E-state index contributed by atoms with van der Waals surface area (Å²) in [5.41, 5.74) is 7.18. The average molecular weight is 225 g/mol. The lowest BCUT2D eigenvalue weighted by Crippen LogP contribution is -2.23. The first-order valence-corrected chi connectivity index (χ1v) is 5.85. The molecule has 15 heavy (non-hydrogen) atoms. The molecule has 1 heterocycles. The second kappa shape index (κ2) is 4.97. The van der Waals surface area contributed by atoms with Gasteiger partial charge in [-0.15, -0.1) is 0 Å². The lowest BCUT2D eigenvalue weighted by Gasteiger charge is -2.21. The van der Waals surface area contributed by atoms with Crippen LogP contribution < -0.4 is 11.1 Å². The van der Waals surface area contributed by atoms with E-state index >= 15 is 0 Å². The van der Waals surface area contributed by atoms with Crippen LogP contribution in [0, 0.1) is 5.92 Å². The first kappa shape index (κ1) is 10.9. The Bertz CT molecular complexity index is 304. The van der Waals surface area contributed by atoms with E-state index in [4.69, 9.17) is 17.3 Å². The van der Waals surface area contributed by atoms with E-state index < -0.39 is 0 Å². The minimum atomic E-state index is 0.470. The Balaban J connectivity index is 2.14. The molecule has 2 rings (SSSR count). The van der Waals surface area contributed by atoms with Crippen molar-refractivity contribution in [3.8, 4) is 0 Å². The Hall–Kier alpha value is -0.570. The Morgan fingerprint density at radius 2 is 2.13 bits per heavy atom. The van der Waals surface area contributed by atoms with E-state index in [9.17, 15) is 0 Å². The monoisotopic (exact) mass is 224 g/mol. The summed E-state index contributed by atoms with van der Waals surface area (Å²) in [5, 5.41) is 4.18. The van der Waals surface area contributed by atoms with Crippen LogP contribution in [0.25, 0.3) is 0 Å². The summed E-state index contributed by atoms with van der Waals surface area (Å²) in [6, 6.07) is 8.08. The van der Waals surface area contributed by atoms with E-state index in [1.807, 2.05) is 12.1 Å². The van der Waals surface area contributed by atoms with Crippen molar-refractivity contribution in [2.45, 2.75) is 12.3 Å². The number of nitrogens with two attached hydrogens (primary N) is 1. The third kappa shape index (κ3) is 2.51. The van der Waals surface area contributed by atoms with Gasteiger partial charge in [0.2, 0.25) is 0 Å². The van der Waals surface area contributed by atoms with Crippen molar-refractivity contribution < 1.29 is 0 Å². The fraction of sp³-hybridized carbons (Fsp3) is 0.500. The summed E-state index contributed by atoms with van der Waals surface area (Å²) in [6.07, 6.45) is 1.23. The van der Waals surface area contributed by atoms with Gasteiger partial charge in [-0.2, -0.15) is 0 Å². The molecule has 1 aliphatic heterocycles. The van der Waals surface area contributed by atoms with Gasteiger partial charge in [-0.1, -0.05) is 23.7 Å². The maximum atomic E-state index is 5.88. The topological polar surface area (TPSA) is 38.0 Å². The van der Waals surface area contributed by atoms with Crippen LogP contribution in [0.2, 0.25) is 5.02 Å². The van der Waals surface area contributed by atoms with Crippen LogP contribution in [0.1, 0.15) is 17.9 Å². The van der Waals surface area contributed by atoms with Gasteiger partial charge in [-0.3, -0.25) is 0 Å². The molecule has 1 aliphatic rings. The molecule has 2 atom stereocenters. The summed E-state index contributed by atoms with van der Waals surface area (Å²) < 4.78 is 0. The van der Waals surface area contributed by atoms with E-state index in [1.54, 1.807) is 0 Å². The van der Waals surface area contributed by atoms with Gasteiger partial charge in [-0.25, -0.2) is 0 Å². The zero-order valence-corrected chi connectivity index (χ0v) is 9.50. The minimum Gasteiger partial charge on any atom is -0.330 e. The first-order valence-electron chi connectivity index (χ1n) is 5.47. The number of rotatable bonds is 3. The average Bonchev–Trinajstić information content (AvgIpc) is 2.75. The van der Waals surface area contributed by atoms with Crippen LogP contribution in [-0.2, 0) is 0 Å². The highest BCUT2D eigenvalue weighted by molar-refractivity contribution is 6.30. The second-order valence-electron chi connectivity index (χ2n) is 4.15. The van der Waals surface area contributed by atoms with E-state index in [0.29, 0.717) is 18.4 Å². The summed E-state index contributed by atoms with van der Waals surface area (Å²) in [7, 11) is 0. The van der Waals surface area contributed by atoms with Gasteiger partial charge in [0.25, 0.3) is 0 Å². The van der Waals surface area contributed by atoms with Gasteiger partial charge in [0, 0.05) is 10.9 Å². The number of nitrogens with one attached hydrogen (secondary N) is 1. The van der Waals surface area contributed by atoms with Crippen LogP contribution in [0.3, 0.4) is 0 Å². The Morgan fingerprint density at radius 3 is 2.67 bits per heavy atom. The second-order valence-corrected chi connectivity index (χ2v) is 4.58. The lowest BCUT2D eigenvalue weighted by atomic mass is 9.85. The van der Waals surface area contributed by atoms with Crippen molar-refractivity contribution in [2.24, 2.45) is 11.7 Å². The fourth-order valence-corrected chi connectivity index (χ4v) is 2.46. The number of halogens is 1. The Kier molecular flexibility index (Phi) is 3.62. The molecule has 0 amide bonds.